The molecular formula is C22H32N4O3. The van der Waals surface area contributed by atoms with Crippen LogP contribution in [-0.2, 0) is 22.6 Å². The summed E-state index contributed by atoms with van der Waals surface area (Å²) in [4.78, 5) is 29.8. The van der Waals surface area contributed by atoms with Crippen LogP contribution in [0.5, 0.6) is 0 Å². The van der Waals surface area contributed by atoms with E-state index < -0.39 is 0 Å². The van der Waals surface area contributed by atoms with Gasteiger partial charge < -0.3 is 14.7 Å². The fourth-order valence-corrected chi connectivity index (χ4v) is 5.78. The molecule has 4 fully saturated rings. The van der Waals surface area contributed by atoms with Crippen molar-refractivity contribution in [2.45, 2.75) is 70.5 Å². The van der Waals surface area contributed by atoms with Crippen LogP contribution in [0, 0.1) is 17.8 Å². The van der Waals surface area contributed by atoms with Crippen LogP contribution in [0.25, 0.3) is 0 Å². The molecule has 3 saturated heterocycles. The van der Waals surface area contributed by atoms with E-state index in [4.69, 9.17) is 4.52 Å². The first kappa shape index (κ1) is 19.1. The Kier molecular flexibility index (Phi) is 5.10. The van der Waals surface area contributed by atoms with Gasteiger partial charge in [0, 0.05) is 44.1 Å². The highest BCUT2D eigenvalue weighted by atomic mass is 16.5. The van der Waals surface area contributed by atoms with E-state index in [2.05, 4.69) is 33.3 Å². The predicted octanol–water partition coefficient (Wildman–Crippen LogP) is 1.96. The number of rotatable bonds is 6. The van der Waals surface area contributed by atoms with Crippen molar-refractivity contribution in [2.75, 3.05) is 19.6 Å². The van der Waals surface area contributed by atoms with Gasteiger partial charge in [-0.25, -0.2) is 0 Å². The van der Waals surface area contributed by atoms with Gasteiger partial charge in [0.1, 0.15) is 0 Å². The number of hydrogen-bond donors (Lipinski definition) is 1. The Balaban J connectivity index is 1.32. The van der Waals surface area contributed by atoms with E-state index in [1.54, 1.807) is 0 Å². The molecule has 0 radical (unpaired) electrons. The first-order valence-electron chi connectivity index (χ1n) is 11.4. The lowest BCUT2D eigenvalue weighted by molar-refractivity contribution is -0.153. The molecule has 0 unspecified atom stereocenters. The first-order chi connectivity index (χ1) is 14.1. The predicted molar refractivity (Wildman–Crippen MR) is 107 cm³/mol. The molecule has 1 N–H and O–H groups in total. The first-order valence-corrected chi connectivity index (χ1v) is 11.4. The molecule has 158 valence electrons. The van der Waals surface area contributed by atoms with Gasteiger partial charge in [0.15, 0.2) is 5.76 Å². The second kappa shape index (κ2) is 7.74. The second-order valence-electron chi connectivity index (χ2n) is 9.44. The minimum Gasteiger partial charge on any atom is -0.360 e. The van der Waals surface area contributed by atoms with Gasteiger partial charge >= 0.3 is 0 Å². The fourth-order valence-electron chi connectivity index (χ4n) is 5.78. The minimum absolute atomic E-state index is 0.121. The van der Waals surface area contributed by atoms with Crippen molar-refractivity contribution < 1.29 is 14.1 Å². The maximum atomic E-state index is 12.8. The van der Waals surface area contributed by atoms with Gasteiger partial charge in [-0.1, -0.05) is 12.1 Å². The van der Waals surface area contributed by atoms with Crippen LogP contribution in [0.3, 0.4) is 0 Å². The largest absolute Gasteiger partial charge is 0.360 e. The summed E-state index contributed by atoms with van der Waals surface area (Å²) < 4.78 is 5.53. The van der Waals surface area contributed by atoms with Crippen molar-refractivity contribution in [1.29, 1.82) is 0 Å². The highest BCUT2D eigenvalue weighted by molar-refractivity contribution is 5.81. The lowest BCUT2D eigenvalue weighted by Crippen LogP contribution is -2.67. The highest BCUT2D eigenvalue weighted by Gasteiger charge is 2.49. The fraction of sp³-hybridized carbons (Fsp3) is 0.773. The number of carbonyl (C=O) groups is 2. The number of carbonyl (C=O) groups excluding carboxylic acids is 2. The zero-order valence-corrected chi connectivity index (χ0v) is 17.3. The molecule has 7 nitrogen and oxygen atoms in total. The number of nitrogens with zero attached hydrogens (tertiary/aromatic N) is 3. The van der Waals surface area contributed by atoms with Gasteiger partial charge in [-0.3, -0.25) is 14.5 Å². The molecule has 2 amide bonds. The number of fused-ring (bicyclic) bond motifs is 4. The highest BCUT2D eigenvalue weighted by Crippen LogP contribution is 2.42. The molecule has 0 aromatic carbocycles. The van der Waals surface area contributed by atoms with Gasteiger partial charge in [-0.15, -0.1) is 0 Å². The third kappa shape index (κ3) is 3.81. The van der Waals surface area contributed by atoms with Crippen molar-refractivity contribution in [3.8, 4) is 0 Å². The zero-order valence-electron chi connectivity index (χ0n) is 17.3. The number of piperidine rings is 3. The maximum Gasteiger partial charge on any atom is 0.223 e. The van der Waals surface area contributed by atoms with E-state index in [-0.39, 0.29) is 23.8 Å². The zero-order chi connectivity index (χ0) is 20.0. The van der Waals surface area contributed by atoms with E-state index >= 15 is 0 Å². The van der Waals surface area contributed by atoms with E-state index in [9.17, 15) is 9.59 Å². The van der Waals surface area contributed by atoms with Crippen LogP contribution in [0.4, 0.5) is 0 Å². The summed E-state index contributed by atoms with van der Waals surface area (Å²) >= 11 is 0. The molecular weight excluding hydrogens is 368 g/mol. The molecule has 4 atom stereocenters. The van der Waals surface area contributed by atoms with Crippen LogP contribution in [-0.4, -0.2) is 58.5 Å². The van der Waals surface area contributed by atoms with Crippen LogP contribution < -0.4 is 5.32 Å². The van der Waals surface area contributed by atoms with Crippen LogP contribution >= 0.6 is 0 Å². The van der Waals surface area contributed by atoms with Crippen molar-refractivity contribution in [3.63, 3.8) is 0 Å². The van der Waals surface area contributed by atoms with Gasteiger partial charge in [0.05, 0.1) is 18.3 Å². The Bertz CT molecular complexity index is 774. The molecule has 0 spiro atoms. The van der Waals surface area contributed by atoms with Crippen molar-refractivity contribution in [2.24, 2.45) is 17.8 Å². The molecule has 2 bridgehead atoms. The summed E-state index contributed by atoms with van der Waals surface area (Å²) in [7, 11) is 0. The minimum atomic E-state index is 0.121. The molecule has 5 rings (SSSR count). The monoisotopic (exact) mass is 400 g/mol. The van der Waals surface area contributed by atoms with E-state index in [0.29, 0.717) is 30.8 Å². The standard InChI is InChI=1S/C22H32N4O3/c1-2-17-9-18(29-24-17)13-25-11-15-8-16(12-25)20(10-23-22(28)14-6-7-14)26-19(15)4-3-5-21(26)27/h9,14-16,19-20H,2-8,10-13H2,1H3,(H,23,28)/t15-,16+,19+,20+/m1/s1. The number of aromatic nitrogens is 1. The summed E-state index contributed by atoms with van der Waals surface area (Å²) in [6.07, 6.45) is 6.80. The summed E-state index contributed by atoms with van der Waals surface area (Å²) in [6, 6.07) is 2.50. The van der Waals surface area contributed by atoms with Crippen molar-refractivity contribution in [1.82, 2.24) is 20.3 Å². The molecule has 1 saturated carbocycles. The number of hydrogen-bond acceptors (Lipinski definition) is 5. The number of likely N-dealkylation sites (tertiary alicyclic amines) is 1. The van der Waals surface area contributed by atoms with E-state index in [0.717, 1.165) is 69.6 Å². The van der Waals surface area contributed by atoms with E-state index in [1.807, 2.05) is 0 Å². The summed E-state index contributed by atoms with van der Waals surface area (Å²) in [5, 5.41) is 7.30. The molecule has 29 heavy (non-hydrogen) atoms. The van der Waals surface area contributed by atoms with Crippen molar-refractivity contribution >= 4 is 11.8 Å². The Morgan fingerprint density at radius 3 is 2.86 bits per heavy atom. The second-order valence-corrected chi connectivity index (χ2v) is 9.44. The Morgan fingerprint density at radius 2 is 2.10 bits per heavy atom. The average molecular weight is 401 g/mol. The molecule has 4 heterocycles. The molecule has 3 aliphatic heterocycles. The van der Waals surface area contributed by atoms with Crippen LogP contribution in [0.1, 0.15) is 56.9 Å². The molecule has 7 heteroatoms. The van der Waals surface area contributed by atoms with Gasteiger partial charge in [0.2, 0.25) is 11.8 Å². The molecule has 1 aromatic rings. The lowest BCUT2D eigenvalue weighted by Gasteiger charge is -2.56. The van der Waals surface area contributed by atoms with E-state index in [1.165, 1.54) is 0 Å². The quantitative estimate of drug-likeness (QED) is 0.790. The SMILES string of the molecule is CCc1cc(CN2C[C@H]3C[C@@H](C2)[C@H](CNC(=O)C2CC2)N2C(=O)CCC[C@@H]32)on1. The number of aryl methyl sites for hydroxylation is 1. The normalized spacial score (nSPS) is 32.2. The summed E-state index contributed by atoms with van der Waals surface area (Å²) in [5.74, 6) is 2.52. The summed E-state index contributed by atoms with van der Waals surface area (Å²) in [5.41, 5.74) is 1.00. The Labute approximate surface area is 172 Å². The topological polar surface area (TPSA) is 78.7 Å². The average Bonchev–Trinajstić information content (AvgIpc) is 3.48. The molecule has 1 aliphatic carbocycles. The maximum absolute atomic E-state index is 12.8. The van der Waals surface area contributed by atoms with Crippen molar-refractivity contribution in [3.05, 3.63) is 17.5 Å². The number of nitrogens with one attached hydrogen (secondary N) is 1. The van der Waals surface area contributed by atoms with Gasteiger partial charge in [-0.05, 0) is 50.4 Å². The third-order valence-corrected chi connectivity index (χ3v) is 7.36. The smallest absolute Gasteiger partial charge is 0.223 e. The van der Waals surface area contributed by atoms with Gasteiger partial charge in [-0.2, -0.15) is 0 Å². The molecule has 1 aromatic heterocycles. The third-order valence-electron chi connectivity index (χ3n) is 7.36. The lowest BCUT2D eigenvalue weighted by atomic mass is 9.72. The van der Waals surface area contributed by atoms with Gasteiger partial charge in [0.25, 0.3) is 0 Å². The number of amides is 2. The molecule has 4 aliphatic rings. The summed E-state index contributed by atoms with van der Waals surface area (Å²) in [6.45, 7) is 5.42. The van der Waals surface area contributed by atoms with Crippen LogP contribution in [0.2, 0.25) is 0 Å². The van der Waals surface area contributed by atoms with Crippen LogP contribution in [0.15, 0.2) is 10.6 Å². The Morgan fingerprint density at radius 1 is 1.28 bits per heavy atom. The Hall–Kier alpha value is -1.89.